The van der Waals surface area contributed by atoms with Gasteiger partial charge in [0.15, 0.2) is 0 Å². The zero-order valence-corrected chi connectivity index (χ0v) is 17.4. The van der Waals surface area contributed by atoms with E-state index in [1.807, 2.05) is 0 Å². The molecule has 1 saturated carbocycles. The molecule has 0 spiro atoms. The molecule has 2 heterocycles. The summed E-state index contributed by atoms with van der Waals surface area (Å²) in [5, 5.41) is 14.3. The number of fused-ring (bicyclic) bond motifs is 2. The Hall–Kier alpha value is -2.70. The average Bonchev–Trinajstić information content (AvgIpc) is 3.33. The van der Waals surface area contributed by atoms with Gasteiger partial charge in [0.2, 0.25) is 5.88 Å². The second-order valence-corrected chi connectivity index (χ2v) is 8.44. The standard InChI is InChI=1S/C24H27N3O3/c1-29-22-20(12-25-23(26-22)30-2)24(28)11-10-18-14-27(15-21(18)24)13-17-8-5-7-16-6-3-4-9-19(16)17/h3-9,12,18,21,28H,10-11,13-15H2,1-2H3/t18-,21+,24+/m0/s1. The summed E-state index contributed by atoms with van der Waals surface area (Å²) in [6.07, 6.45) is 3.36. The number of aromatic nitrogens is 2. The summed E-state index contributed by atoms with van der Waals surface area (Å²) in [4.78, 5) is 11.0. The van der Waals surface area contributed by atoms with E-state index in [0.717, 1.165) is 26.1 Å². The first-order chi connectivity index (χ1) is 14.6. The zero-order valence-electron chi connectivity index (χ0n) is 17.4. The van der Waals surface area contributed by atoms with Gasteiger partial charge in [-0.05, 0) is 35.1 Å². The molecular weight excluding hydrogens is 378 g/mol. The Labute approximate surface area is 176 Å². The fourth-order valence-electron chi connectivity index (χ4n) is 5.42. The predicted molar refractivity (Wildman–Crippen MR) is 114 cm³/mol. The maximum atomic E-state index is 11.7. The number of rotatable bonds is 5. The fraction of sp³-hybridized carbons (Fsp3) is 0.417. The maximum absolute atomic E-state index is 11.7. The average molecular weight is 405 g/mol. The number of ether oxygens (including phenoxy) is 2. The van der Waals surface area contributed by atoms with Crippen LogP contribution in [0.2, 0.25) is 0 Å². The second kappa shape index (κ2) is 7.52. The van der Waals surface area contributed by atoms with Crippen molar-refractivity contribution >= 4 is 10.8 Å². The van der Waals surface area contributed by atoms with E-state index in [-0.39, 0.29) is 11.9 Å². The van der Waals surface area contributed by atoms with E-state index in [9.17, 15) is 5.11 Å². The highest BCUT2D eigenvalue weighted by molar-refractivity contribution is 5.85. The molecule has 156 valence electrons. The van der Waals surface area contributed by atoms with Gasteiger partial charge in [-0.15, -0.1) is 0 Å². The summed E-state index contributed by atoms with van der Waals surface area (Å²) >= 11 is 0. The van der Waals surface area contributed by atoms with Gasteiger partial charge in [0, 0.05) is 31.7 Å². The van der Waals surface area contributed by atoms with Gasteiger partial charge in [-0.2, -0.15) is 4.98 Å². The number of hydrogen-bond donors (Lipinski definition) is 1. The van der Waals surface area contributed by atoms with Crippen molar-refractivity contribution in [1.82, 2.24) is 14.9 Å². The third-order valence-corrected chi connectivity index (χ3v) is 6.87. The zero-order chi connectivity index (χ0) is 20.7. The van der Waals surface area contributed by atoms with Crippen LogP contribution in [0.25, 0.3) is 10.8 Å². The SMILES string of the molecule is COc1ncc([C@]2(O)CC[C@H]3CN(Cc4cccc5ccccc45)C[C@H]32)c(OC)n1. The minimum absolute atomic E-state index is 0.137. The Morgan fingerprint density at radius 2 is 1.93 bits per heavy atom. The van der Waals surface area contributed by atoms with Crippen molar-refractivity contribution in [2.24, 2.45) is 11.8 Å². The van der Waals surface area contributed by atoms with Crippen molar-refractivity contribution in [3.63, 3.8) is 0 Å². The van der Waals surface area contributed by atoms with Crippen molar-refractivity contribution in [2.75, 3.05) is 27.3 Å². The van der Waals surface area contributed by atoms with Crippen LogP contribution >= 0.6 is 0 Å². The smallest absolute Gasteiger partial charge is 0.319 e. The highest BCUT2D eigenvalue weighted by atomic mass is 16.5. The molecule has 6 nitrogen and oxygen atoms in total. The van der Waals surface area contributed by atoms with E-state index in [1.165, 1.54) is 23.4 Å². The molecule has 1 saturated heterocycles. The van der Waals surface area contributed by atoms with Crippen LogP contribution in [-0.4, -0.2) is 47.3 Å². The van der Waals surface area contributed by atoms with Gasteiger partial charge in [0.25, 0.3) is 0 Å². The molecule has 2 fully saturated rings. The van der Waals surface area contributed by atoms with E-state index in [2.05, 4.69) is 57.3 Å². The van der Waals surface area contributed by atoms with Crippen LogP contribution in [0.15, 0.2) is 48.7 Å². The van der Waals surface area contributed by atoms with Crippen molar-refractivity contribution in [1.29, 1.82) is 0 Å². The number of hydrogen-bond acceptors (Lipinski definition) is 6. The summed E-state index contributed by atoms with van der Waals surface area (Å²) in [6, 6.07) is 15.3. The lowest BCUT2D eigenvalue weighted by Gasteiger charge is -2.31. The lowest BCUT2D eigenvalue weighted by Crippen LogP contribution is -2.35. The highest BCUT2D eigenvalue weighted by Crippen LogP contribution is 2.52. The highest BCUT2D eigenvalue weighted by Gasteiger charge is 2.53. The van der Waals surface area contributed by atoms with E-state index in [4.69, 9.17) is 9.47 Å². The first-order valence-corrected chi connectivity index (χ1v) is 10.5. The Balaban J connectivity index is 1.40. The van der Waals surface area contributed by atoms with Gasteiger partial charge in [-0.3, -0.25) is 4.90 Å². The molecule has 5 rings (SSSR count). The summed E-state index contributed by atoms with van der Waals surface area (Å²) in [6.45, 7) is 2.73. The van der Waals surface area contributed by atoms with E-state index in [1.54, 1.807) is 13.3 Å². The molecule has 1 aromatic heterocycles. The quantitative estimate of drug-likeness (QED) is 0.702. The fourth-order valence-corrected chi connectivity index (χ4v) is 5.42. The Kier molecular flexibility index (Phi) is 4.83. The molecule has 2 aromatic carbocycles. The largest absolute Gasteiger partial charge is 0.481 e. The third-order valence-electron chi connectivity index (χ3n) is 6.87. The van der Waals surface area contributed by atoms with Crippen molar-refractivity contribution < 1.29 is 14.6 Å². The van der Waals surface area contributed by atoms with Gasteiger partial charge in [0.1, 0.15) is 5.60 Å². The number of benzene rings is 2. The predicted octanol–water partition coefficient (Wildman–Crippen LogP) is 3.38. The Morgan fingerprint density at radius 3 is 2.77 bits per heavy atom. The minimum atomic E-state index is -0.976. The molecule has 3 atom stereocenters. The topological polar surface area (TPSA) is 67.7 Å². The van der Waals surface area contributed by atoms with Gasteiger partial charge >= 0.3 is 6.01 Å². The van der Waals surface area contributed by atoms with E-state index >= 15 is 0 Å². The van der Waals surface area contributed by atoms with Crippen LogP contribution in [0.5, 0.6) is 11.9 Å². The molecule has 1 N–H and O–H groups in total. The summed E-state index contributed by atoms with van der Waals surface area (Å²) in [5.41, 5.74) is 1.03. The van der Waals surface area contributed by atoms with E-state index in [0.29, 0.717) is 23.8 Å². The van der Waals surface area contributed by atoms with Crippen LogP contribution < -0.4 is 9.47 Å². The minimum Gasteiger partial charge on any atom is -0.481 e. The molecule has 0 bridgehead atoms. The van der Waals surface area contributed by atoms with Crippen molar-refractivity contribution in [3.05, 3.63) is 59.8 Å². The van der Waals surface area contributed by atoms with Crippen LogP contribution in [-0.2, 0) is 12.1 Å². The van der Waals surface area contributed by atoms with E-state index < -0.39 is 5.60 Å². The van der Waals surface area contributed by atoms with Gasteiger partial charge in [-0.1, -0.05) is 42.5 Å². The third kappa shape index (κ3) is 3.11. The molecule has 1 aliphatic carbocycles. The first kappa shape index (κ1) is 19.3. The number of methoxy groups -OCH3 is 2. The van der Waals surface area contributed by atoms with Gasteiger partial charge in [0.05, 0.1) is 19.8 Å². The molecule has 1 aliphatic heterocycles. The molecule has 0 unspecified atom stereocenters. The van der Waals surface area contributed by atoms with Crippen LogP contribution in [0.4, 0.5) is 0 Å². The summed E-state index contributed by atoms with van der Waals surface area (Å²) in [7, 11) is 3.10. The maximum Gasteiger partial charge on any atom is 0.319 e. The molecule has 3 aromatic rings. The lowest BCUT2D eigenvalue weighted by atomic mass is 9.83. The second-order valence-electron chi connectivity index (χ2n) is 8.44. The normalized spacial score (nSPS) is 26.1. The summed E-state index contributed by atoms with van der Waals surface area (Å²) < 4.78 is 10.6. The van der Waals surface area contributed by atoms with Gasteiger partial charge in [-0.25, -0.2) is 4.98 Å². The molecule has 6 heteroatoms. The van der Waals surface area contributed by atoms with Crippen LogP contribution in [0.3, 0.4) is 0 Å². The molecule has 0 radical (unpaired) electrons. The Morgan fingerprint density at radius 1 is 1.10 bits per heavy atom. The van der Waals surface area contributed by atoms with Gasteiger partial charge < -0.3 is 14.6 Å². The van der Waals surface area contributed by atoms with Crippen LogP contribution in [0, 0.1) is 11.8 Å². The molecule has 30 heavy (non-hydrogen) atoms. The monoisotopic (exact) mass is 405 g/mol. The number of aliphatic hydroxyl groups is 1. The molecule has 0 amide bonds. The number of likely N-dealkylation sites (tertiary alicyclic amines) is 1. The summed E-state index contributed by atoms with van der Waals surface area (Å²) in [5.74, 6) is 0.993. The van der Waals surface area contributed by atoms with Crippen molar-refractivity contribution in [3.8, 4) is 11.9 Å². The first-order valence-electron chi connectivity index (χ1n) is 10.5. The lowest BCUT2D eigenvalue weighted by molar-refractivity contribution is -0.00970. The molecular formula is C24H27N3O3. The Bertz CT molecular complexity index is 1070. The van der Waals surface area contributed by atoms with Crippen LogP contribution in [0.1, 0.15) is 24.0 Å². The van der Waals surface area contributed by atoms with Crippen molar-refractivity contribution in [2.45, 2.75) is 25.0 Å². The molecule has 2 aliphatic rings. The number of nitrogens with zero attached hydrogens (tertiary/aromatic N) is 3.